The van der Waals surface area contributed by atoms with Gasteiger partial charge in [-0.05, 0) is 95.3 Å². The van der Waals surface area contributed by atoms with Crippen molar-refractivity contribution in [1.29, 1.82) is 0 Å². The summed E-state index contributed by atoms with van der Waals surface area (Å²) in [5, 5.41) is 2.78. The van der Waals surface area contributed by atoms with Crippen molar-refractivity contribution in [2.24, 2.45) is 0 Å². The van der Waals surface area contributed by atoms with Crippen molar-refractivity contribution < 1.29 is 23.5 Å². The van der Waals surface area contributed by atoms with E-state index in [0.717, 1.165) is 4.90 Å². The van der Waals surface area contributed by atoms with Gasteiger partial charge >= 0.3 is 0 Å². The Kier molecular flexibility index (Phi) is 8.68. The van der Waals surface area contributed by atoms with E-state index < -0.39 is 11.8 Å². The van der Waals surface area contributed by atoms with Gasteiger partial charge in [-0.3, -0.25) is 19.8 Å². The molecule has 4 rings (SSSR count). The van der Waals surface area contributed by atoms with Crippen LogP contribution >= 0.6 is 58.0 Å². The summed E-state index contributed by atoms with van der Waals surface area (Å²) >= 11 is 19.7. The Balaban J connectivity index is 1.68. The Hall–Kier alpha value is -2.73. The van der Waals surface area contributed by atoms with Crippen LogP contribution in [0.4, 0.5) is 10.1 Å². The number of hydrogen-bond acceptors (Lipinski definition) is 5. The molecule has 0 unspecified atom stereocenters. The topological polar surface area (TPSA) is 67.9 Å². The maximum atomic E-state index is 13.5. The van der Waals surface area contributed by atoms with Crippen molar-refractivity contribution in [3.05, 3.63) is 90.7 Å². The van der Waals surface area contributed by atoms with Crippen LogP contribution in [0.5, 0.6) is 11.5 Å². The quantitative estimate of drug-likeness (QED) is 0.134. The molecule has 0 aliphatic carbocycles. The molecule has 0 saturated carbocycles. The van der Waals surface area contributed by atoms with Gasteiger partial charge in [0.05, 0.1) is 25.9 Å². The molecule has 1 N–H and O–H groups in total. The van der Waals surface area contributed by atoms with Gasteiger partial charge in [-0.15, -0.1) is 0 Å². The highest BCUT2D eigenvalue weighted by molar-refractivity contribution is 14.1. The number of anilines is 1. The number of carbonyl (C=O) groups is 2. The highest BCUT2D eigenvalue weighted by Gasteiger charge is 2.35. The summed E-state index contributed by atoms with van der Waals surface area (Å²) in [6, 6.07) is 14.3. The van der Waals surface area contributed by atoms with Crippen molar-refractivity contribution in [3.63, 3.8) is 0 Å². The number of carbonyl (C=O) groups excluding carboxylic acids is 2. The highest BCUT2D eigenvalue weighted by atomic mass is 127. The Morgan fingerprint density at radius 3 is 2.59 bits per heavy atom. The van der Waals surface area contributed by atoms with Crippen LogP contribution in [-0.4, -0.2) is 23.5 Å². The third kappa shape index (κ3) is 6.06. The monoisotopic (exact) mass is 670 g/mol. The van der Waals surface area contributed by atoms with Gasteiger partial charge in [0.15, 0.2) is 16.6 Å². The van der Waals surface area contributed by atoms with Crippen LogP contribution in [0.1, 0.15) is 18.1 Å². The lowest BCUT2D eigenvalue weighted by molar-refractivity contribution is -0.122. The number of ether oxygens (including phenoxy) is 2. The zero-order valence-corrected chi connectivity index (χ0v) is 23.7. The molecule has 37 heavy (non-hydrogen) atoms. The zero-order chi connectivity index (χ0) is 26.7. The van der Waals surface area contributed by atoms with Crippen molar-refractivity contribution in [2.45, 2.75) is 13.5 Å². The second-order valence-electron chi connectivity index (χ2n) is 7.71. The molecule has 1 aliphatic heterocycles. The van der Waals surface area contributed by atoms with Gasteiger partial charge in [0.2, 0.25) is 0 Å². The fourth-order valence-corrected chi connectivity index (χ4v) is 5.00. The summed E-state index contributed by atoms with van der Waals surface area (Å²) in [5.41, 5.74) is 1.27. The van der Waals surface area contributed by atoms with Crippen molar-refractivity contribution >= 4 is 86.7 Å². The predicted molar refractivity (Wildman–Crippen MR) is 154 cm³/mol. The number of nitrogens with one attached hydrogen (secondary N) is 1. The summed E-state index contributed by atoms with van der Waals surface area (Å²) < 4.78 is 25.9. The van der Waals surface area contributed by atoms with E-state index in [4.69, 9.17) is 44.9 Å². The van der Waals surface area contributed by atoms with Crippen molar-refractivity contribution in [1.82, 2.24) is 5.32 Å². The molecule has 0 aromatic heterocycles. The van der Waals surface area contributed by atoms with Crippen LogP contribution in [0.3, 0.4) is 0 Å². The second-order valence-corrected chi connectivity index (χ2v) is 10.0. The first-order valence-corrected chi connectivity index (χ1v) is 13.1. The van der Waals surface area contributed by atoms with E-state index in [9.17, 15) is 14.0 Å². The lowest BCUT2D eigenvalue weighted by Gasteiger charge is -2.29. The fourth-order valence-electron chi connectivity index (χ4n) is 3.56. The molecule has 1 saturated heterocycles. The van der Waals surface area contributed by atoms with Crippen LogP contribution in [-0.2, 0) is 16.2 Å². The van der Waals surface area contributed by atoms with Crippen molar-refractivity contribution in [3.8, 4) is 11.5 Å². The molecular weight excluding hydrogens is 653 g/mol. The molecule has 190 valence electrons. The van der Waals surface area contributed by atoms with Gasteiger partial charge in [-0.25, -0.2) is 4.39 Å². The van der Waals surface area contributed by atoms with Crippen LogP contribution in [0.2, 0.25) is 10.0 Å². The number of amides is 2. The molecule has 0 bridgehead atoms. The van der Waals surface area contributed by atoms with Gasteiger partial charge < -0.3 is 9.47 Å². The molecule has 11 heteroatoms. The number of thiocarbonyl (C=S) groups is 1. The SMILES string of the molecule is CCOc1cc(/C=C2\C(=O)NC(=S)N(c3cccc(Cl)c3Cl)C2=O)cc(I)c1OCc1cccc(F)c1. The van der Waals surface area contributed by atoms with E-state index in [0.29, 0.717) is 32.8 Å². The molecule has 3 aromatic rings. The molecule has 0 spiro atoms. The molecule has 2 amide bonds. The smallest absolute Gasteiger partial charge is 0.270 e. The third-order valence-corrected chi connectivity index (χ3v) is 7.08. The Morgan fingerprint density at radius 1 is 1.11 bits per heavy atom. The number of benzene rings is 3. The summed E-state index contributed by atoms with van der Waals surface area (Å²) in [7, 11) is 0. The largest absolute Gasteiger partial charge is 0.490 e. The van der Waals surface area contributed by atoms with Crippen molar-refractivity contribution in [2.75, 3.05) is 11.5 Å². The first-order chi connectivity index (χ1) is 17.7. The average molecular weight is 671 g/mol. The van der Waals surface area contributed by atoms with Crippen LogP contribution in [0.25, 0.3) is 6.08 Å². The number of nitrogens with zero attached hydrogens (tertiary/aromatic N) is 1. The van der Waals surface area contributed by atoms with Crippen LogP contribution in [0.15, 0.2) is 60.2 Å². The Labute approximate surface area is 241 Å². The standard InChI is InChI=1S/C26H18Cl2FIN2O4S/c1-2-35-21-12-15(11-19(30)23(21)36-13-14-5-3-6-16(29)9-14)10-17-24(33)31-26(37)32(25(17)34)20-8-4-7-18(27)22(20)28/h3-12H,2,13H2,1H3,(H,31,33,37)/b17-10+. The Bertz CT molecular complexity index is 1450. The highest BCUT2D eigenvalue weighted by Crippen LogP contribution is 2.37. The molecule has 1 fully saturated rings. The molecule has 0 atom stereocenters. The molecule has 0 radical (unpaired) electrons. The fraction of sp³-hybridized carbons (Fsp3) is 0.115. The van der Waals surface area contributed by atoms with Gasteiger partial charge in [0, 0.05) is 0 Å². The minimum Gasteiger partial charge on any atom is -0.490 e. The lowest BCUT2D eigenvalue weighted by atomic mass is 10.1. The van der Waals surface area contributed by atoms with E-state index >= 15 is 0 Å². The summed E-state index contributed by atoms with van der Waals surface area (Å²) in [6.07, 6.45) is 1.44. The predicted octanol–water partition coefficient (Wildman–Crippen LogP) is 6.55. The van der Waals surface area contributed by atoms with E-state index in [-0.39, 0.29) is 38.8 Å². The minimum atomic E-state index is -0.655. The molecule has 1 heterocycles. The lowest BCUT2D eigenvalue weighted by Crippen LogP contribution is -2.54. The zero-order valence-electron chi connectivity index (χ0n) is 19.2. The number of rotatable bonds is 7. The number of halogens is 4. The molecule has 6 nitrogen and oxygen atoms in total. The van der Waals surface area contributed by atoms with Gasteiger partial charge in [0.25, 0.3) is 11.8 Å². The average Bonchev–Trinajstić information content (AvgIpc) is 2.84. The molecular formula is C26H18Cl2FIN2O4S. The maximum Gasteiger partial charge on any atom is 0.270 e. The summed E-state index contributed by atoms with van der Waals surface area (Å²) in [4.78, 5) is 27.2. The second kappa shape index (κ2) is 11.8. The first-order valence-electron chi connectivity index (χ1n) is 10.9. The van der Waals surface area contributed by atoms with Gasteiger partial charge in [-0.1, -0.05) is 41.4 Å². The van der Waals surface area contributed by atoms with Crippen LogP contribution < -0.4 is 19.7 Å². The van der Waals surface area contributed by atoms with E-state index in [1.165, 1.54) is 18.2 Å². The third-order valence-electron chi connectivity index (χ3n) is 5.19. The van der Waals surface area contributed by atoms with Gasteiger partial charge in [-0.2, -0.15) is 0 Å². The van der Waals surface area contributed by atoms with Gasteiger partial charge in [0.1, 0.15) is 18.0 Å². The normalized spacial score (nSPS) is 14.7. The first kappa shape index (κ1) is 27.3. The Morgan fingerprint density at radius 2 is 1.86 bits per heavy atom. The van der Waals surface area contributed by atoms with E-state index in [1.807, 2.05) is 6.92 Å². The summed E-state index contributed by atoms with van der Waals surface area (Å²) in [6.45, 7) is 2.29. The maximum absolute atomic E-state index is 13.5. The number of hydrogen-bond donors (Lipinski definition) is 1. The summed E-state index contributed by atoms with van der Waals surface area (Å²) in [5.74, 6) is -0.791. The van der Waals surface area contributed by atoms with Crippen LogP contribution in [0, 0.1) is 9.39 Å². The molecule has 3 aromatic carbocycles. The minimum absolute atomic E-state index is 0.109. The molecule has 1 aliphatic rings. The van der Waals surface area contributed by atoms with E-state index in [2.05, 4.69) is 27.9 Å². The van der Waals surface area contributed by atoms with E-state index in [1.54, 1.807) is 42.5 Å².